The van der Waals surface area contributed by atoms with E-state index in [1.165, 1.54) is 0 Å². The lowest BCUT2D eigenvalue weighted by molar-refractivity contribution is -0.138. The Morgan fingerprint density at radius 2 is 2.19 bits per heavy atom. The van der Waals surface area contributed by atoms with Gasteiger partial charge in [0, 0.05) is 25.7 Å². The van der Waals surface area contributed by atoms with Gasteiger partial charge in [0.1, 0.15) is 5.82 Å². The summed E-state index contributed by atoms with van der Waals surface area (Å²) in [6.45, 7) is 1.82. The number of carboxylic acid groups (broad SMARTS) is 1. The number of hydrogen-bond donors (Lipinski definition) is 1. The number of carboxylic acids is 1. The summed E-state index contributed by atoms with van der Waals surface area (Å²) in [4.78, 5) is 17.1. The molecule has 1 aromatic heterocycles. The minimum atomic E-state index is -0.684. The first-order chi connectivity index (χ1) is 7.75. The molecule has 0 aliphatic carbocycles. The third-order valence-electron chi connectivity index (χ3n) is 3.05. The molecule has 1 fully saturated rings. The second kappa shape index (κ2) is 4.96. The summed E-state index contributed by atoms with van der Waals surface area (Å²) in [5.41, 5.74) is 0. The second-order valence-corrected chi connectivity index (χ2v) is 4.22. The van der Waals surface area contributed by atoms with Crippen LogP contribution in [-0.2, 0) is 4.79 Å². The van der Waals surface area contributed by atoms with E-state index in [9.17, 15) is 4.79 Å². The summed E-state index contributed by atoms with van der Waals surface area (Å²) in [7, 11) is 0. The Labute approximate surface area is 94.9 Å². The first-order valence-corrected chi connectivity index (χ1v) is 5.63. The number of aromatic nitrogens is 1. The molecule has 4 heteroatoms. The van der Waals surface area contributed by atoms with E-state index in [0.717, 1.165) is 31.7 Å². The van der Waals surface area contributed by atoms with Crippen LogP contribution in [0.2, 0.25) is 0 Å². The van der Waals surface area contributed by atoms with Gasteiger partial charge >= 0.3 is 5.97 Å². The lowest BCUT2D eigenvalue weighted by Crippen LogP contribution is -2.34. The minimum Gasteiger partial charge on any atom is -0.481 e. The predicted octanol–water partition coefficient (Wildman–Crippen LogP) is 1.77. The van der Waals surface area contributed by atoms with Gasteiger partial charge in [-0.2, -0.15) is 0 Å². The predicted molar refractivity (Wildman–Crippen MR) is 61.4 cm³/mol. The van der Waals surface area contributed by atoms with Crippen molar-refractivity contribution in [1.29, 1.82) is 0 Å². The number of pyridine rings is 1. The van der Waals surface area contributed by atoms with Gasteiger partial charge in [-0.3, -0.25) is 4.79 Å². The summed E-state index contributed by atoms with van der Waals surface area (Å²) >= 11 is 0. The van der Waals surface area contributed by atoms with Gasteiger partial charge in [0.15, 0.2) is 0 Å². The molecule has 0 saturated carbocycles. The first-order valence-electron chi connectivity index (χ1n) is 5.63. The molecule has 0 aromatic carbocycles. The number of nitrogens with zero attached hydrogens (tertiary/aromatic N) is 2. The van der Waals surface area contributed by atoms with E-state index in [1.54, 1.807) is 6.20 Å². The average molecular weight is 220 g/mol. The molecule has 1 saturated heterocycles. The molecule has 86 valence electrons. The van der Waals surface area contributed by atoms with E-state index in [4.69, 9.17) is 5.11 Å². The fourth-order valence-corrected chi connectivity index (χ4v) is 2.15. The van der Waals surface area contributed by atoms with E-state index in [-0.39, 0.29) is 0 Å². The van der Waals surface area contributed by atoms with Crippen molar-refractivity contribution < 1.29 is 9.90 Å². The van der Waals surface area contributed by atoms with Gasteiger partial charge in [0.05, 0.1) is 0 Å². The molecule has 1 N–H and O–H groups in total. The lowest BCUT2D eigenvalue weighted by atomic mass is 9.94. The van der Waals surface area contributed by atoms with Crippen LogP contribution in [0.5, 0.6) is 0 Å². The molecule has 0 spiro atoms. The van der Waals surface area contributed by atoms with Crippen LogP contribution in [0.1, 0.15) is 19.3 Å². The Kier molecular flexibility index (Phi) is 3.39. The third-order valence-corrected chi connectivity index (χ3v) is 3.05. The van der Waals surface area contributed by atoms with E-state index in [0.29, 0.717) is 12.3 Å². The van der Waals surface area contributed by atoms with Crippen molar-refractivity contribution in [2.45, 2.75) is 19.3 Å². The summed E-state index contributed by atoms with van der Waals surface area (Å²) < 4.78 is 0. The molecule has 0 amide bonds. The number of piperidine rings is 1. The van der Waals surface area contributed by atoms with Crippen molar-refractivity contribution in [1.82, 2.24) is 4.98 Å². The molecule has 0 atom stereocenters. The molecule has 0 bridgehead atoms. The largest absolute Gasteiger partial charge is 0.481 e. The van der Waals surface area contributed by atoms with E-state index in [1.807, 2.05) is 18.2 Å². The van der Waals surface area contributed by atoms with Gasteiger partial charge in [-0.15, -0.1) is 0 Å². The normalized spacial score (nSPS) is 17.4. The maximum absolute atomic E-state index is 10.6. The molecule has 2 rings (SSSR count). The standard InChI is InChI=1S/C12H16N2O2/c15-12(16)9-10-4-7-14(8-5-10)11-3-1-2-6-13-11/h1-3,6,10H,4-5,7-9H2,(H,15,16). The van der Waals surface area contributed by atoms with E-state index in [2.05, 4.69) is 9.88 Å². The van der Waals surface area contributed by atoms with Gasteiger partial charge in [-0.25, -0.2) is 4.98 Å². The number of carbonyl (C=O) groups is 1. The van der Waals surface area contributed by atoms with Crippen molar-refractivity contribution in [3.05, 3.63) is 24.4 Å². The number of anilines is 1. The lowest BCUT2D eigenvalue weighted by Gasteiger charge is -2.32. The van der Waals surface area contributed by atoms with E-state index < -0.39 is 5.97 Å². The molecule has 0 radical (unpaired) electrons. The zero-order valence-corrected chi connectivity index (χ0v) is 9.17. The Morgan fingerprint density at radius 1 is 1.44 bits per heavy atom. The van der Waals surface area contributed by atoms with Gasteiger partial charge in [-0.05, 0) is 30.9 Å². The number of rotatable bonds is 3. The zero-order chi connectivity index (χ0) is 11.4. The maximum Gasteiger partial charge on any atom is 0.303 e. The highest BCUT2D eigenvalue weighted by Gasteiger charge is 2.21. The van der Waals surface area contributed by atoms with Crippen molar-refractivity contribution in [3.63, 3.8) is 0 Å². The van der Waals surface area contributed by atoms with Crippen molar-refractivity contribution in [2.24, 2.45) is 5.92 Å². The van der Waals surface area contributed by atoms with Gasteiger partial charge in [0.25, 0.3) is 0 Å². The topological polar surface area (TPSA) is 53.4 Å². The fraction of sp³-hybridized carbons (Fsp3) is 0.500. The van der Waals surface area contributed by atoms with E-state index >= 15 is 0 Å². The maximum atomic E-state index is 10.6. The number of aliphatic carboxylic acids is 1. The highest BCUT2D eigenvalue weighted by Crippen LogP contribution is 2.23. The molecule has 0 unspecified atom stereocenters. The van der Waals surface area contributed by atoms with Crippen LogP contribution in [0.15, 0.2) is 24.4 Å². The smallest absolute Gasteiger partial charge is 0.303 e. The first kappa shape index (κ1) is 10.9. The molecule has 1 aliphatic heterocycles. The molecule has 1 aliphatic rings. The van der Waals surface area contributed by atoms with Crippen LogP contribution in [0.25, 0.3) is 0 Å². The number of hydrogen-bond acceptors (Lipinski definition) is 3. The second-order valence-electron chi connectivity index (χ2n) is 4.22. The highest BCUT2D eigenvalue weighted by molar-refractivity contribution is 5.67. The van der Waals surface area contributed by atoms with Crippen molar-refractivity contribution in [3.8, 4) is 0 Å². The Hall–Kier alpha value is -1.58. The van der Waals surface area contributed by atoms with Crippen molar-refractivity contribution >= 4 is 11.8 Å². The highest BCUT2D eigenvalue weighted by atomic mass is 16.4. The minimum absolute atomic E-state index is 0.302. The SMILES string of the molecule is O=C(O)CC1CCN(c2ccccn2)CC1. The van der Waals surface area contributed by atoms with Crippen LogP contribution < -0.4 is 4.90 Å². The zero-order valence-electron chi connectivity index (χ0n) is 9.17. The summed E-state index contributed by atoms with van der Waals surface area (Å²) in [6, 6.07) is 5.88. The van der Waals surface area contributed by atoms with Gasteiger partial charge in [0.2, 0.25) is 0 Å². The molecule has 1 aromatic rings. The third kappa shape index (κ3) is 2.72. The fourth-order valence-electron chi connectivity index (χ4n) is 2.15. The van der Waals surface area contributed by atoms with Gasteiger partial charge < -0.3 is 10.0 Å². The van der Waals surface area contributed by atoms with Crippen LogP contribution in [0.4, 0.5) is 5.82 Å². The Morgan fingerprint density at radius 3 is 2.75 bits per heavy atom. The average Bonchev–Trinajstić information content (AvgIpc) is 2.30. The Bertz CT molecular complexity index is 345. The Balaban J connectivity index is 1.88. The molecular weight excluding hydrogens is 204 g/mol. The summed E-state index contributed by atoms with van der Waals surface area (Å²) in [5.74, 6) is 0.644. The molecule has 16 heavy (non-hydrogen) atoms. The molecule has 2 heterocycles. The molecular formula is C12H16N2O2. The summed E-state index contributed by atoms with van der Waals surface area (Å²) in [6.07, 6.45) is 3.99. The van der Waals surface area contributed by atoms with Crippen molar-refractivity contribution in [2.75, 3.05) is 18.0 Å². The van der Waals surface area contributed by atoms with Crippen LogP contribution in [0.3, 0.4) is 0 Å². The van der Waals surface area contributed by atoms with Crippen LogP contribution in [-0.4, -0.2) is 29.1 Å². The monoisotopic (exact) mass is 220 g/mol. The molecule has 4 nitrogen and oxygen atoms in total. The quantitative estimate of drug-likeness (QED) is 0.843. The van der Waals surface area contributed by atoms with Gasteiger partial charge in [-0.1, -0.05) is 6.07 Å². The van der Waals surface area contributed by atoms with Crippen LogP contribution >= 0.6 is 0 Å². The van der Waals surface area contributed by atoms with Crippen LogP contribution in [0, 0.1) is 5.92 Å². The summed E-state index contributed by atoms with van der Waals surface area (Å²) in [5, 5.41) is 8.72.